The number of anilines is 2. The Morgan fingerprint density at radius 2 is 1.67 bits per heavy atom. The van der Waals surface area contributed by atoms with Gasteiger partial charge in [-0.2, -0.15) is 4.98 Å². The second-order valence-corrected chi connectivity index (χ2v) is 8.88. The molecule has 3 amide bonds. The molecule has 0 aliphatic rings. The smallest absolute Gasteiger partial charge is 0.408 e. The molecule has 0 radical (unpaired) electrons. The maximum Gasteiger partial charge on any atom is 0.408 e. The number of carbonyl (C=O) groups excluding carboxylic acids is 3. The summed E-state index contributed by atoms with van der Waals surface area (Å²) < 4.78 is 5.07. The number of pyridine rings is 1. The largest absolute Gasteiger partial charge is 0.444 e. The van der Waals surface area contributed by atoms with Gasteiger partial charge < -0.3 is 31.3 Å². The maximum atomic E-state index is 12.7. The molecule has 12 heteroatoms. The van der Waals surface area contributed by atoms with Gasteiger partial charge in [0.15, 0.2) is 0 Å². The number of rotatable bonds is 13. The highest BCUT2D eigenvalue weighted by Gasteiger charge is 2.17. The Kier molecular flexibility index (Phi) is 11.3. The molecular formula is C24H36N8O4. The predicted octanol–water partition coefficient (Wildman–Crippen LogP) is 1.72. The highest BCUT2D eigenvalue weighted by atomic mass is 16.6. The van der Waals surface area contributed by atoms with Crippen molar-refractivity contribution in [1.29, 1.82) is 0 Å². The summed E-state index contributed by atoms with van der Waals surface area (Å²) in [5.41, 5.74) is 0.805. The summed E-state index contributed by atoms with van der Waals surface area (Å²) in [7, 11) is 0. The highest BCUT2D eigenvalue weighted by molar-refractivity contribution is 5.98. The quantitative estimate of drug-likeness (QED) is 0.258. The van der Waals surface area contributed by atoms with Crippen LogP contribution in [-0.4, -0.2) is 71.2 Å². The van der Waals surface area contributed by atoms with Crippen molar-refractivity contribution in [2.75, 3.05) is 43.4 Å². The second-order valence-electron chi connectivity index (χ2n) is 8.88. The average Bonchev–Trinajstić information content (AvgIpc) is 2.83. The molecule has 0 aliphatic carbocycles. The molecule has 0 spiro atoms. The van der Waals surface area contributed by atoms with Crippen molar-refractivity contribution in [1.82, 2.24) is 30.9 Å². The molecule has 2 heterocycles. The van der Waals surface area contributed by atoms with Crippen LogP contribution in [0.1, 0.15) is 50.0 Å². The number of carbonyl (C=O) groups is 3. The zero-order valence-electron chi connectivity index (χ0n) is 21.3. The molecule has 196 valence electrons. The lowest BCUT2D eigenvalue weighted by atomic mass is 10.2. The van der Waals surface area contributed by atoms with Crippen LogP contribution in [0.2, 0.25) is 0 Å². The van der Waals surface area contributed by atoms with Crippen LogP contribution in [0, 0.1) is 0 Å². The Morgan fingerprint density at radius 1 is 0.944 bits per heavy atom. The number of nitrogens with one attached hydrogen (secondary N) is 5. The lowest BCUT2D eigenvalue weighted by molar-refractivity contribution is -0.120. The highest BCUT2D eigenvalue weighted by Crippen LogP contribution is 2.14. The monoisotopic (exact) mass is 500 g/mol. The van der Waals surface area contributed by atoms with Crippen LogP contribution in [0.3, 0.4) is 0 Å². The van der Waals surface area contributed by atoms with Crippen LogP contribution in [0.5, 0.6) is 0 Å². The van der Waals surface area contributed by atoms with Crippen LogP contribution in [0.25, 0.3) is 0 Å². The topological polar surface area (TPSA) is 159 Å². The summed E-state index contributed by atoms with van der Waals surface area (Å²) in [6, 6.07) is 3.90. The summed E-state index contributed by atoms with van der Waals surface area (Å²) in [5, 5.41) is 14.1. The molecule has 0 aliphatic heterocycles. The Hall–Kier alpha value is -3.96. The first kappa shape index (κ1) is 28.3. The standard InChI is InChI=1S/C24H36N8O4/c1-5-9-27-20-18(15-30-22(32-20)29-12-8-17-6-10-25-11-7-17)21(34)28-14-13-26-19(33)16-31-23(35)36-24(2,3)4/h6-7,10-11,15H,5,8-9,12-14,16H2,1-4H3,(H,26,33)(H,28,34)(H,31,35)(H2,27,29,30,32). The van der Waals surface area contributed by atoms with E-state index in [1.807, 2.05) is 19.1 Å². The molecule has 0 saturated carbocycles. The van der Waals surface area contributed by atoms with Gasteiger partial charge in [0.05, 0.1) is 6.54 Å². The molecule has 0 fully saturated rings. The van der Waals surface area contributed by atoms with Crippen LogP contribution in [0.15, 0.2) is 30.7 Å². The predicted molar refractivity (Wildman–Crippen MR) is 137 cm³/mol. The lowest BCUT2D eigenvalue weighted by Gasteiger charge is -2.19. The van der Waals surface area contributed by atoms with E-state index in [1.54, 1.807) is 33.2 Å². The van der Waals surface area contributed by atoms with E-state index in [1.165, 1.54) is 6.20 Å². The fourth-order valence-electron chi connectivity index (χ4n) is 2.88. The van der Waals surface area contributed by atoms with Crippen LogP contribution in [-0.2, 0) is 16.0 Å². The first-order valence-electron chi connectivity index (χ1n) is 11.9. The number of aromatic nitrogens is 3. The summed E-state index contributed by atoms with van der Waals surface area (Å²) in [5.74, 6) is 0.0920. The molecule has 5 N–H and O–H groups in total. The first-order valence-corrected chi connectivity index (χ1v) is 11.9. The molecule has 0 unspecified atom stereocenters. The number of hydrogen-bond acceptors (Lipinski definition) is 9. The number of amides is 3. The van der Waals surface area contributed by atoms with Crippen molar-refractivity contribution in [2.45, 2.75) is 46.1 Å². The van der Waals surface area contributed by atoms with E-state index >= 15 is 0 Å². The van der Waals surface area contributed by atoms with Crippen molar-refractivity contribution in [2.24, 2.45) is 0 Å². The third-order valence-electron chi connectivity index (χ3n) is 4.55. The van der Waals surface area contributed by atoms with E-state index in [4.69, 9.17) is 4.74 Å². The van der Waals surface area contributed by atoms with Gasteiger partial charge in [-0.05, 0) is 51.3 Å². The average molecular weight is 501 g/mol. The summed E-state index contributed by atoms with van der Waals surface area (Å²) >= 11 is 0. The Morgan fingerprint density at radius 3 is 2.36 bits per heavy atom. The van der Waals surface area contributed by atoms with E-state index in [-0.39, 0.29) is 25.5 Å². The fraction of sp³-hybridized carbons (Fsp3) is 0.500. The molecule has 2 aromatic heterocycles. The van der Waals surface area contributed by atoms with Crippen LogP contribution < -0.4 is 26.6 Å². The molecule has 0 saturated heterocycles. The minimum Gasteiger partial charge on any atom is -0.444 e. The minimum atomic E-state index is -0.673. The van der Waals surface area contributed by atoms with Crippen LogP contribution >= 0.6 is 0 Å². The molecule has 0 bridgehead atoms. The number of nitrogens with zero attached hydrogens (tertiary/aromatic N) is 3. The first-order chi connectivity index (χ1) is 17.2. The van der Waals surface area contributed by atoms with Crippen molar-refractivity contribution in [3.05, 3.63) is 41.9 Å². The van der Waals surface area contributed by atoms with Gasteiger partial charge in [-0.15, -0.1) is 0 Å². The van der Waals surface area contributed by atoms with Gasteiger partial charge >= 0.3 is 6.09 Å². The van der Waals surface area contributed by atoms with Crippen molar-refractivity contribution >= 4 is 29.7 Å². The van der Waals surface area contributed by atoms with Crippen molar-refractivity contribution in [3.63, 3.8) is 0 Å². The Labute approximate surface area is 211 Å². The normalized spacial score (nSPS) is 10.8. The summed E-state index contributed by atoms with van der Waals surface area (Å²) in [6.07, 6.45) is 5.94. The number of alkyl carbamates (subject to hydrolysis) is 1. The lowest BCUT2D eigenvalue weighted by Crippen LogP contribution is -2.42. The maximum absolute atomic E-state index is 12.7. The van der Waals surface area contributed by atoms with Gasteiger partial charge in [0.25, 0.3) is 5.91 Å². The van der Waals surface area contributed by atoms with Gasteiger partial charge in [0.2, 0.25) is 11.9 Å². The van der Waals surface area contributed by atoms with Crippen molar-refractivity contribution < 1.29 is 19.1 Å². The van der Waals surface area contributed by atoms with Gasteiger partial charge in [0.1, 0.15) is 17.0 Å². The molecule has 0 aromatic carbocycles. The zero-order chi connectivity index (χ0) is 26.4. The van der Waals surface area contributed by atoms with Crippen LogP contribution in [0.4, 0.5) is 16.6 Å². The van der Waals surface area contributed by atoms with Gasteiger partial charge in [-0.3, -0.25) is 14.6 Å². The van der Waals surface area contributed by atoms with E-state index in [0.29, 0.717) is 30.4 Å². The minimum absolute atomic E-state index is 0.188. The third kappa shape index (κ3) is 11.0. The second kappa shape index (κ2) is 14.4. The van der Waals surface area contributed by atoms with Gasteiger partial charge in [-0.1, -0.05) is 6.92 Å². The van der Waals surface area contributed by atoms with Crippen molar-refractivity contribution in [3.8, 4) is 0 Å². The molecule has 2 aromatic rings. The van der Waals surface area contributed by atoms with E-state index < -0.39 is 17.6 Å². The van der Waals surface area contributed by atoms with E-state index in [9.17, 15) is 14.4 Å². The Balaban J connectivity index is 1.80. The molecule has 12 nitrogen and oxygen atoms in total. The summed E-state index contributed by atoms with van der Waals surface area (Å²) in [6.45, 7) is 8.65. The van der Waals surface area contributed by atoms with E-state index in [0.717, 1.165) is 18.4 Å². The SMILES string of the molecule is CCCNc1nc(NCCc2ccncc2)ncc1C(=O)NCCNC(=O)CNC(=O)OC(C)(C)C. The van der Waals surface area contributed by atoms with Gasteiger partial charge in [0, 0.05) is 44.8 Å². The molecule has 2 rings (SSSR count). The van der Waals surface area contributed by atoms with Gasteiger partial charge in [-0.25, -0.2) is 9.78 Å². The molecular weight excluding hydrogens is 464 g/mol. The third-order valence-corrected chi connectivity index (χ3v) is 4.55. The van der Waals surface area contributed by atoms with E-state index in [2.05, 4.69) is 41.5 Å². The zero-order valence-corrected chi connectivity index (χ0v) is 21.3. The number of ether oxygens (including phenoxy) is 1. The molecule has 36 heavy (non-hydrogen) atoms. The Bertz CT molecular complexity index is 995. The fourth-order valence-corrected chi connectivity index (χ4v) is 2.88. The summed E-state index contributed by atoms with van der Waals surface area (Å²) in [4.78, 5) is 48.9. The molecule has 0 atom stereocenters. The number of hydrogen-bond donors (Lipinski definition) is 5.